The van der Waals surface area contributed by atoms with Gasteiger partial charge in [-0.1, -0.05) is 6.08 Å². The summed E-state index contributed by atoms with van der Waals surface area (Å²) in [6.07, 6.45) is 8.47. The van der Waals surface area contributed by atoms with Crippen LogP contribution in [0.5, 0.6) is 0 Å². The Morgan fingerprint density at radius 3 is 3.20 bits per heavy atom. The summed E-state index contributed by atoms with van der Waals surface area (Å²) in [6, 6.07) is 4.17. The van der Waals surface area contributed by atoms with E-state index in [9.17, 15) is 4.79 Å². The lowest BCUT2D eigenvalue weighted by atomic mass is 9.87. The summed E-state index contributed by atoms with van der Waals surface area (Å²) in [4.78, 5) is 19.2. The van der Waals surface area contributed by atoms with E-state index >= 15 is 0 Å². The molecule has 1 unspecified atom stereocenters. The molecule has 1 aliphatic carbocycles. The second kappa shape index (κ2) is 5.49. The number of nitrogens with zero attached hydrogens (tertiary/aromatic N) is 1. The van der Waals surface area contributed by atoms with E-state index in [1.54, 1.807) is 0 Å². The third kappa shape index (κ3) is 2.46. The number of fused-ring (bicyclic) bond motifs is 1. The maximum Gasteiger partial charge on any atom is 0.309 e. The molecule has 0 saturated heterocycles. The summed E-state index contributed by atoms with van der Waals surface area (Å²) in [5.74, 6) is -0.0512. The number of ether oxygens (including phenoxy) is 1. The lowest BCUT2D eigenvalue weighted by Gasteiger charge is -2.20. The molecule has 2 aromatic heterocycles. The van der Waals surface area contributed by atoms with Crippen LogP contribution in [-0.4, -0.2) is 22.5 Å². The maximum absolute atomic E-state index is 11.7. The molecule has 1 aliphatic rings. The fourth-order valence-electron chi connectivity index (χ4n) is 2.69. The van der Waals surface area contributed by atoms with Crippen LogP contribution in [-0.2, 0) is 9.53 Å². The van der Waals surface area contributed by atoms with E-state index < -0.39 is 0 Å². The van der Waals surface area contributed by atoms with Gasteiger partial charge in [0.2, 0.25) is 0 Å². The van der Waals surface area contributed by atoms with Gasteiger partial charge in [-0.2, -0.15) is 0 Å². The number of hydrogen-bond acceptors (Lipinski definition) is 3. The highest BCUT2D eigenvalue weighted by Crippen LogP contribution is 2.31. The second-order valence-corrected chi connectivity index (χ2v) is 5.09. The molecule has 1 atom stereocenters. The molecule has 104 valence electrons. The van der Waals surface area contributed by atoms with E-state index in [4.69, 9.17) is 4.74 Å². The van der Waals surface area contributed by atoms with Crippen molar-refractivity contribution in [2.75, 3.05) is 6.61 Å². The minimum atomic E-state index is -0.0676. The smallest absolute Gasteiger partial charge is 0.309 e. The first-order valence-corrected chi connectivity index (χ1v) is 7.07. The van der Waals surface area contributed by atoms with Crippen LogP contribution < -0.4 is 0 Å². The highest BCUT2D eigenvalue weighted by Gasteiger charge is 2.23. The van der Waals surface area contributed by atoms with Crippen LogP contribution in [0, 0.1) is 5.92 Å². The Labute approximate surface area is 117 Å². The Kier molecular flexibility index (Phi) is 3.54. The van der Waals surface area contributed by atoms with Crippen molar-refractivity contribution in [2.24, 2.45) is 5.92 Å². The molecular formula is C16H18N2O2. The lowest BCUT2D eigenvalue weighted by Crippen LogP contribution is -2.19. The van der Waals surface area contributed by atoms with E-state index in [1.165, 1.54) is 5.57 Å². The van der Waals surface area contributed by atoms with Crippen molar-refractivity contribution < 1.29 is 9.53 Å². The molecular weight excluding hydrogens is 252 g/mol. The van der Waals surface area contributed by atoms with E-state index in [1.807, 2.05) is 25.4 Å². The van der Waals surface area contributed by atoms with Gasteiger partial charge in [-0.25, -0.2) is 4.98 Å². The van der Waals surface area contributed by atoms with Crippen molar-refractivity contribution in [1.29, 1.82) is 0 Å². The Hall–Kier alpha value is -2.10. The van der Waals surface area contributed by atoms with Gasteiger partial charge in [0.05, 0.1) is 12.5 Å². The summed E-state index contributed by atoms with van der Waals surface area (Å²) in [7, 11) is 0. The van der Waals surface area contributed by atoms with Crippen LogP contribution >= 0.6 is 0 Å². The average Bonchev–Trinajstić information content (AvgIpc) is 2.95. The maximum atomic E-state index is 11.7. The molecule has 2 aromatic rings. The standard InChI is InChI=1S/C16H18N2O2/c1-2-20-16(19)12-5-3-11(4-6-12)14-9-13-7-8-17-15(13)18-10-14/h3,7-10,12H,2,4-6H2,1H3,(H,17,18). The molecule has 0 fully saturated rings. The van der Waals surface area contributed by atoms with E-state index in [-0.39, 0.29) is 11.9 Å². The van der Waals surface area contributed by atoms with Crippen molar-refractivity contribution in [3.8, 4) is 0 Å². The summed E-state index contributed by atoms with van der Waals surface area (Å²) >= 11 is 0. The number of nitrogens with one attached hydrogen (secondary N) is 1. The third-order valence-electron chi connectivity index (χ3n) is 3.80. The molecule has 0 bridgehead atoms. The fraction of sp³-hybridized carbons (Fsp3) is 0.375. The molecule has 20 heavy (non-hydrogen) atoms. The highest BCUT2D eigenvalue weighted by atomic mass is 16.5. The number of hydrogen-bond donors (Lipinski definition) is 1. The second-order valence-electron chi connectivity index (χ2n) is 5.09. The van der Waals surface area contributed by atoms with Gasteiger partial charge in [0.15, 0.2) is 0 Å². The Balaban J connectivity index is 1.77. The molecule has 0 aromatic carbocycles. The fourth-order valence-corrected chi connectivity index (χ4v) is 2.69. The highest BCUT2D eigenvalue weighted by molar-refractivity contribution is 5.81. The topological polar surface area (TPSA) is 55.0 Å². The van der Waals surface area contributed by atoms with Crippen LogP contribution in [0.2, 0.25) is 0 Å². The molecule has 4 heteroatoms. The van der Waals surface area contributed by atoms with E-state index in [0.29, 0.717) is 6.61 Å². The molecule has 4 nitrogen and oxygen atoms in total. The van der Waals surface area contributed by atoms with Crippen molar-refractivity contribution >= 4 is 22.6 Å². The SMILES string of the molecule is CCOC(=O)C1CC=C(c2cnc3[nH]ccc3c2)CC1. The minimum absolute atomic E-state index is 0.0163. The zero-order valence-corrected chi connectivity index (χ0v) is 11.6. The van der Waals surface area contributed by atoms with Crippen molar-refractivity contribution in [2.45, 2.75) is 26.2 Å². The normalized spacial score (nSPS) is 18.9. The van der Waals surface area contributed by atoms with E-state index in [2.05, 4.69) is 22.1 Å². The average molecular weight is 270 g/mol. The van der Waals surface area contributed by atoms with Crippen molar-refractivity contribution in [3.05, 3.63) is 36.2 Å². The predicted octanol–water partition coefficient (Wildman–Crippen LogP) is 3.31. The first-order chi connectivity index (χ1) is 9.78. The van der Waals surface area contributed by atoms with Gasteiger partial charge in [0.25, 0.3) is 0 Å². The predicted molar refractivity (Wildman–Crippen MR) is 78.0 cm³/mol. The molecule has 0 spiro atoms. The minimum Gasteiger partial charge on any atom is -0.466 e. The van der Waals surface area contributed by atoms with Crippen LogP contribution in [0.25, 0.3) is 16.6 Å². The molecule has 0 amide bonds. The van der Waals surface area contributed by atoms with Gasteiger partial charge in [0, 0.05) is 17.8 Å². The summed E-state index contributed by atoms with van der Waals surface area (Å²) < 4.78 is 5.08. The Morgan fingerprint density at radius 2 is 2.45 bits per heavy atom. The van der Waals surface area contributed by atoms with Gasteiger partial charge in [0.1, 0.15) is 5.65 Å². The van der Waals surface area contributed by atoms with Crippen LogP contribution in [0.1, 0.15) is 31.7 Å². The zero-order valence-electron chi connectivity index (χ0n) is 11.6. The number of rotatable bonds is 3. The van der Waals surface area contributed by atoms with Gasteiger partial charge < -0.3 is 9.72 Å². The molecule has 3 rings (SSSR count). The lowest BCUT2D eigenvalue weighted by molar-refractivity contribution is -0.148. The zero-order chi connectivity index (χ0) is 13.9. The van der Waals surface area contributed by atoms with Crippen LogP contribution in [0.3, 0.4) is 0 Å². The monoisotopic (exact) mass is 270 g/mol. The molecule has 0 saturated carbocycles. The van der Waals surface area contributed by atoms with Crippen molar-refractivity contribution in [3.63, 3.8) is 0 Å². The number of carbonyl (C=O) groups is 1. The molecule has 1 N–H and O–H groups in total. The summed E-state index contributed by atoms with van der Waals surface area (Å²) in [5, 5.41) is 1.12. The van der Waals surface area contributed by atoms with E-state index in [0.717, 1.165) is 35.9 Å². The molecule has 0 aliphatic heterocycles. The number of aromatic amines is 1. The number of aromatic nitrogens is 2. The Bertz CT molecular complexity index is 657. The number of esters is 1. The molecule has 0 radical (unpaired) electrons. The number of carbonyl (C=O) groups excluding carboxylic acids is 1. The summed E-state index contributed by atoms with van der Waals surface area (Å²) in [6.45, 7) is 2.31. The van der Waals surface area contributed by atoms with Gasteiger partial charge in [-0.15, -0.1) is 0 Å². The number of H-pyrrole nitrogens is 1. The van der Waals surface area contributed by atoms with Gasteiger partial charge in [-0.3, -0.25) is 4.79 Å². The largest absolute Gasteiger partial charge is 0.466 e. The van der Waals surface area contributed by atoms with Gasteiger partial charge in [-0.05, 0) is 49.5 Å². The Morgan fingerprint density at radius 1 is 1.55 bits per heavy atom. The number of pyridine rings is 1. The first kappa shape index (κ1) is 12.9. The first-order valence-electron chi connectivity index (χ1n) is 7.07. The molecule has 2 heterocycles. The van der Waals surface area contributed by atoms with Crippen LogP contribution in [0.4, 0.5) is 0 Å². The van der Waals surface area contributed by atoms with Crippen LogP contribution in [0.15, 0.2) is 30.6 Å². The quantitative estimate of drug-likeness (QED) is 0.870. The van der Waals surface area contributed by atoms with Crippen molar-refractivity contribution in [1.82, 2.24) is 9.97 Å². The number of allylic oxidation sites excluding steroid dienone is 2. The third-order valence-corrected chi connectivity index (χ3v) is 3.80. The van der Waals surface area contributed by atoms with Gasteiger partial charge >= 0.3 is 5.97 Å². The summed E-state index contributed by atoms with van der Waals surface area (Å²) in [5.41, 5.74) is 3.34.